The molecule has 0 amide bonds. The van der Waals surface area contributed by atoms with Crippen LogP contribution in [0.4, 0.5) is 5.82 Å². The maximum Gasteiger partial charge on any atom is 0.124 e. The molecule has 0 bridgehead atoms. The lowest BCUT2D eigenvalue weighted by Crippen LogP contribution is -1.97. The van der Waals surface area contributed by atoms with Crippen LogP contribution in [0.5, 0.6) is 0 Å². The van der Waals surface area contributed by atoms with Crippen LogP contribution in [0.3, 0.4) is 0 Å². The molecule has 0 aliphatic heterocycles. The van der Waals surface area contributed by atoms with Gasteiger partial charge in [-0.25, -0.2) is 0 Å². The highest BCUT2D eigenvalue weighted by molar-refractivity contribution is 5.73. The Bertz CT molecular complexity index is 518. The summed E-state index contributed by atoms with van der Waals surface area (Å²) in [6.07, 6.45) is 0. The van der Waals surface area contributed by atoms with Gasteiger partial charge in [-0.05, 0) is 31.9 Å². The fourth-order valence-electron chi connectivity index (χ4n) is 2.07. The molecule has 2 N–H and O–H groups in total. The van der Waals surface area contributed by atoms with Crippen LogP contribution in [0.25, 0.3) is 11.3 Å². The monoisotopic (exact) mass is 215 g/mol. The molecule has 0 fully saturated rings. The number of nitrogens with zero attached hydrogens (tertiary/aromatic N) is 2. The summed E-state index contributed by atoms with van der Waals surface area (Å²) in [6, 6.07) is 6.27. The van der Waals surface area contributed by atoms with Gasteiger partial charge in [-0.1, -0.05) is 18.2 Å². The van der Waals surface area contributed by atoms with E-state index in [1.165, 1.54) is 16.7 Å². The Hall–Kier alpha value is -1.77. The number of nitrogens with two attached hydrogens (primary N) is 1. The van der Waals surface area contributed by atoms with Crippen LogP contribution < -0.4 is 5.73 Å². The number of benzene rings is 1. The Labute approximate surface area is 95.9 Å². The number of aromatic nitrogens is 2. The van der Waals surface area contributed by atoms with Gasteiger partial charge in [-0.3, -0.25) is 4.68 Å². The summed E-state index contributed by atoms with van der Waals surface area (Å²) in [5, 5.41) is 4.49. The van der Waals surface area contributed by atoms with E-state index in [1.54, 1.807) is 4.68 Å². The Morgan fingerprint density at radius 3 is 2.12 bits per heavy atom. The summed E-state index contributed by atoms with van der Waals surface area (Å²) < 4.78 is 1.73. The first kappa shape index (κ1) is 10.7. The van der Waals surface area contributed by atoms with Gasteiger partial charge in [-0.2, -0.15) is 5.10 Å². The van der Waals surface area contributed by atoms with Crippen molar-refractivity contribution in [1.82, 2.24) is 9.78 Å². The number of aryl methyl sites for hydroxylation is 3. The molecular weight excluding hydrogens is 198 g/mol. The Morgan fingerprint density at radius 1 is 1.12 bits per heavy atom. The highest BCUT2D eigenvalue weighted by atomic mass is 15.3. The maximum absolute atomic E-state index is 5.94. The standard InChI is InChI=1S/C13H17N3/c1-8-6-5-7-9(2)11(8)12-10(3)13(14)16(4)15-12/h5-7H,14H2,1-4H3. The van der Waals surface area contributed by atoms with Crippen molar-refractivity contribution in [3.63, 3.8) is 0 Å². The van der Waals surface area contributed by atoms with E-state index >= 15 is 0 Å². The van der Waals surface area contributed by atoms with Crippen LogP contribution in [0.2, 0.25) is 0 Å². The molecule has 3 nitrogen and oxygen atoms in total. The molecule has 1 aromatic carbocycles. The molecule has 0 atom stereocenters. The first-order chi connectivity index (χ1) is 7.52. The van der Waals surface area contributed by atoms with Crippen LogP contribution in [-0.2, 0) is 7.05 Å². The number of rotatable bonds is 1. The van der Waals surface area contributed by atoms with Gasteiger partial charge >= 0.3 is 0 Å². The average Bonchev–Trinajstić information content (AvgIpc) is 2.47. The Morgan fingerprint density at radius 2 is 1.69 bits per heavy atom. The minimum atomic E-state index is 0.734. The maximum atomic E-state index is 5.94. The van der Waals surface area contributed by atoms with Crippen molar-refractivity contribution >= 4 is 5.82 Å². The molecule has 0 unspecified atom stereocenters. The Balaban J connectivity index is 2.72. The molecule has 0 aliphatic carbocycles. The van der Waals surface area contributed by atoms with Crippen molar-refractivity contribution in [2.75, 3.05) is 5.73 Å². The lowest BCUT2D eigenvalue weighted by Gasteiger charge is -2.07. The molecule has 84 valence electrons. The van der Waals surface area contributed by atoms with Gasteiger partial charge in [0.2, 0.25) is 0 Å². The van der Waals surface area contributed by atoms with E-state index in [2.05, 4.69) is 37.1 Å². The van der Waals surface area contributed by atoms with Gasteiger partial charge in [0.15, 0.2) is 0 Å². The Kier molecular flexibility index (Phi) is 2.46. The van der Waals surface area contributed by atoms with E-state index in [-0.39, 0.29) is 0 Å². The zero-order chi connectivity index (χ0) is 11.9. The summed E-state index contributed by atoms with van der Waals surface area (Å²) in [6.45, 7) is 6.23. The first-order valence-electron chi connectivity index (χ1n) is 5.38. The van der Waals surface area contributed by atoms with E-state index in [9.17, 15) is 0 Å². The largest absolute Gasteiger partial charge is 0.384 e. The molecule has 2 rings (SSSR count). The van der Waals surface area contributed by atoms with Gasteiger partial charge in [0.1, 0.15) is 5.82 Å². The van der Waals surface area contributed by atoms with E-state index in [0.717, 1.165) is 17.1 Å². The number of hydrogen-bond donors (Lipinski definition) is 1. The van der Waals surface area contributed by atoms with Crippen molar-refractivity contribution in [2.45, 2.75) is 20.8 Å². The summed E-state index contributed by atoms with van der Waals surface area (Å²) in [5.74, 6) is 0.734. The molecule has 2 aromatic rings. The minimum absolute atomic E-state index is 0.734. The molecule has 1 aromatic heterocycles. The topological polar surface area (TPSA) is 43.8 Å². The minimum Gasteiger partial charge on any atom is -0.384 e. The fraction of sp³-hybridized carbons (Fsp3) is 0.308. The molecule has 16 heavy (non-hydrogen) atoms. The average molecular weight is 215 g/mol. The lowest BCUT2D eigenvalue weighted by molar-refractivity contribution is 0.781. The predicted molar refractivity (Wildman–Crippen MR) is 67.3 cm³/mol. The lowest BCUT2D eigenvalue weighted by atomic mass is 9.98. The normalized spacial score (nSPS) is 10.8. The van der Waals surface area contributed by atoms with Crippen LogP contribution in [0.1, 0.15) is 16.7 Å². The van der Waals surface area contributed by atoms with Gasteiger partial charge in [0, 0.05) is 18.2 Å². The summed E-state index contributed by atoms with van der Waals surface area (Å²) >= 11 is 0. The van der Waals surface area contributed by atoms with E-state index in [4.69, 9.17) is 5.73 Å². The van der Waals surface area contributed by atoms with Crippen molar-refractivity contribution < 1.29 is 0 Å². The summed E-state index contributed by atoms with van der Waals surface area (Å²) in [5.41, 5.74) is 11.7. The van der Waals surface area contributed by atoms with Crippen molar-refractivity contribution in [3.05, 3.63) is 34.9 Å². The summed E-state index contributed by atoms with van der Waals surface area (Å²) in [7, 11) is 1.87. The molecule has 0 spiro atoms. The smallest absolute Gasteiger partial charge is 0.124 e. The van der Waals surface area contributed by atoms with Crippen molar-refractivity contribution in [1.29, 1.82) is 0 Å². The van der Waals surface area contributed by atoms with Crippen LogP contribution in [0, 0.1) is 20.8 Å². The van der Waals surface area contributed by atoms with Gasteiger partial charge < -0.3 is 5.73 Å². The van der Waals surface area contributed by atoms with E-state index in [1.807, 2.05) is 14.0 Å². The molecule has 0 aliphatic rings. The van der Waals surface area contributed by atoms with Crippen molar-refractivity contribution in [2.24, 2.45) is 7.05 Å². The molecule has 3 heteroatoms. The third-order valence-corrected chi connectivity index (χ3v) is 3.06. The highest BCUT2D eigenvalue weighted by Crippen LogP contribution is 2.30. The molecule has 0 saturated carbocycles. The molecular formula is C13H17N3. The second-order valence-corrected chi connectivity index (χ2v) is 4.25. The molecule has 0 saturated heterocycles. The van der Waals surface area contributed by atoms with E-state index in [0.29, 0.717) is 0 Å². The number of hydrogen-bond acceptors (Lipinski definition) is 2. The molecule has 1 heterocycles. The zero-order valence-electron chi connectivity index (χ0n) is 10.2. The third kappa shape index (κ3) is 1.48. The van der Waals surface area contributed by atoms with Gasteiger partial charge in [-0.15, -0.1) is 0 Å². The van der Waals surface area contributed by atoms with E-state index < -0.39 is 0 Å². The van der Waals surface area contributed by atoms with Gasteiger partial charge in [0.05, 0.1) is 5.69 Å². The quantitative estimate of drug-likeness (QED) is 0.794. The zero-order valence-corrected chi connectivity index (χ0v) is 10.2. The van der Waals surface area contributed by atoms with Gasteiger partial charge in [0.25, 0.3) is 0 Å². The molecule has 0 radical (unpaired) electrons. The second kappa shape index (κ2) is 3.67. The first-order valence-corrected chi connectivity index (χ1v) is 5.38. The predicted octanol–water partition coefficient (Wildman–Crippen LogP) is 2.59. The fourth-order valence-corrected chi connectivity index (χ4v) is 2.07. The number of nitrogen functional groups attached to an aromatic ring is 1. The van der Waals surface area contributed by atoms with Crippen LogP contribution in [0.15, 0.2) is 18.2 Å². The summed E-state index contributed by atoms with van der Waals surface area (Å²) in [4.78, 5) is 0. The second-order valence-electron chi connectivity index (χ2n) is 4.25. The SMILES string of the molecule is Cc1cccc(C)c1-c1nn(C)c(N)c1C. The highest BCUT2D eigenvalue weighted by Gasteiger charge is 2.14. The van der Waals surface area contributed by atoms with Crippen LogP contribution >= 0.6 is 0 Å². The number of anilines is 1. The van der Waals surface area contributed by atoms with Crippen molar-refractivity contribution in [3.8, 4) is 11.3 Å². The van der Waals surface area contributed by atoms with Crippen LogP contribution in [-0.4, -0.2) is 9.78 Å². The third-order valence-electron chi connectivity index (χ3n) is 3.06.